The summed E-state index contributed by atoms with van der Waals surface area (Å²) in [6.07, 6.45) is -4.02. The lowest BCUT2D eigenvalue weighted by Gasteiger charge is -2.31. The van der Waals surface area contributed by atoms with Crippen molar-refractivity contribution in [3.8, 4) is 5.75 Å². The van der Waals surface area contributed by atoms with Gasteiger partial charge in [-0.15, -0.1) is 0 Å². The highest BCUT2D eigenvalue weighted by molar-refractivity contribution is 5.94. The van der Waals surface area contributed by atoms with Crippen LogP contribution in [0.15, 0.2) is 30.0 Å². The second-order valence-corrected chi connectivity index (χ2v) is 16.4. The van der Waals surface area contributed by atoms with Gasteiger partial charge >= 0.3 is 12.1 Å². The molecule has 0 aliphatic carbocycles. The molecule has 0 fully saturated rings. The molecule has 2 rings (SSSR count). The smallest absolute Gasteiger partial charge is 0.481 e. The molecule has 1 heterocycles. The maximum atomic E-state index is 13.4. The third-order valence-corrected chi connectivity index (χ3v) is 8.51. The SMILES string of the molecule is CC.CC(=O)O.CCC.CCC(=O)NC(CN)C(=O)N[C@@H](CCCCNC(=O)C(C)(C)COC(C)(C)C)C(=O)NCCC(=O)Nc1cc(COC(=O)O)ccc1OC1OC(C(=O)O)=CC(O)[C@H]1O. The number of carbonyl (C=O) groups is 8. The van der Waals surface area contributed by atoms with Crippen LogP contribution in [0.5, 0.6) is 5.75 Å². The van der Waals surface area contributed by atoms with Crippen LogP contribution in [0.1, 0.15) is 120 Å². The van der Waals surface area contributed by atoms with E-state index in [2.05, 4.69) is 45.2 Å². The molecule has 1 aliphatic rings. The van der Waals surface area contributed by atoms with Crippen LogP contribution in [0, 0.1) is 5.41 Å². The van der Waals surface area contributed by atoms with Gasteiger partial charge < -0.3 is 76.8 Å². The third-order valence-electron chi connectivity index (χ3n) is 8.51. The van der Waals surface area contributed by atoms with E-state index < -0.39 is 95.7 Å². The van der Waals surface area contributed by atoms with Crippen LogP contribution >= 0.6 is 0 Å². The molecule has 0 aromatic heterocycles. The number of ether oxygens (including phenoxy) is 4. The van der Waals surface area contributed by atoms with Gasteiger partial charge in [-0.1, -0.05) is 47.1 Å². The number of benzene rings is 1. The summed E-state index contributed by atoms with van der Waals surface area (Å²) in [6.45, 7) is 19.7. The fraction of sp³-hybridized carbons (Fsp3) is 0.644. The number of carboxylic acid groups (broad SMARTS) is 3. The van der Waals surface area contributed by atoms with E-state index >= 15 is 0 Å². The van der Waals surface area contributed by atoms with Gasteiger partial charge in [-0.2, -0.15) is 0 Å². The molecule has 1 aliphatic heterocycles. The lowest BCUT2D eigenvalue weighted by molar-refractivity contribution is -0.172. The van der Waals surface area contributed by atoms with E-state index in [-0.39, 0.29) is 68.4 Å². The highest BCUT2D eigenvalue weighted by Crippen LogP contribution is 2.30. The first-order chi connectivity index (χ1) is 31.7. The molecule has 5 amide bonds. The van der Waals surface area contributed by atoms with Crippen molar-refractivity contribution in [3.05, 3.63) is 35.6 Å². The van der Waals surface area contributed by atoms with E-state index in [1.807, 2.05) is 34.6 Å². The van der Waals surface area contributed by atoms with Crippen LogP contribution in [-0.4, -0.2) is 136 Å². The Morgan fingerprint density at radius 3 is 1.97 bits per heavy atom. The number of amides is 5. The maximum absolute atomic E-state index is 13.4. The number of hydrogen-bond acceptors (Lipinski definition) is 15. The Labute approximate surface area is 398 Å². The number of aliphatic carboxylic acids is 2. The molecule has 0 saturated heterocycles. The summed E-state index contributed by atoms with van der Waals surface area (Å²) in [5, 5.41) is 59.2. The standard InChI is InChI=1S/C38H58N6O15.C3H8.C2H4O2.C2H6/c1-7-28(46)43-24(18-39)32(50)44-22(10-8-9-14-41-35(53)38(5,6)20-57-37(2,3)4)31(49)40-15-13-29(47)42-23-16-21(19-56-36(54)55)11-12-26(23)58-34-30(48)25(45)17-27(59-34)33(51)52;1-3-2;1-2(3)4;1-2/h11-12,16-17,22,24-25,30,34,45,48H,7-10,13-15,18-20,39H2,1-6H3,(H,40,49)(H,41,53)(H,42,47)(H,43,46)(H,44,50)(H,51,52)(H,54,55);3H2,1-2H3;1H3,(H,3,4);1-2H3/t22-,24?,25?,30+,34?;;;/m0.../s1. The summed E-state index contributed by atoms with van der Waals surface area (Å²) < 4.78 is 21.1. The number of unbranched alkanes of at least 4 members (excludes halogenated alkanes) is 1. The summed E-state index contributed by atoms with van der Waals surface area (Å²) in [6, 6.07) is 1.66. The number of carbonyl (C=O) groups excluding carboxylic acids is 5. The van der Waals surface area contributed by atoms with Crippen molar-refractivity contribution in [2.75, 3.05) is 31.6 Å². The fourth-order valence-electron chi connectivity index (χ4n) is 5.08. The van der Waals surface area contributed by atoms with Gasteiger partial charge in [-0.3, -0.25) is 28.8 Å². The number of hydrogen-bond donors (Lipinski definition) is 11. The third kappa shape index (κ3) is 27.6. The Morgan fingerprint density at radius 2 is 1.44 bits per heavy atom. The Bertz CT molecular complexity index is 1800. The van der Waals surface area contributed by atoms with Gasteiger partial charge in [0.1, 0.15) is 30.5 Å². The number of rotatable bonds is 23. The second kappa shape index (κ2) is 33.4. The van der Waals surface area contributed by atoms with Crippen LogP contribution in [0.2, 0.25) is 0 Å². The van der Waals surface area contributed by atoms with Crippen molar-refractivity contribution in [3.63, 3.8) is 0 Å². The molecule has 23 nitrogen and oxygen atoms in total. The van der Waals surface area contributed by atoms with Crippen LogP contribution in [-0.2, 0) is 54.4 Å². The van der Waals surface area contributed by atoms with Gasteiger partial charge in [-0.25, -0.2) is 9.59 Å². The molecule has 23 heteroatoms. The molecule has 0 radical (unpaired) electrons. The van der Waals surface area contributed by atoms with E-state index in [4.69, 9.17) is 35.0 Å². The van der Waals surface area contributed by atoms with E-state index in [1.165, 1.54) is 24.6 Å². The predicted octanol–water partition coefficient (Wildman–Crippen LogP) is 2.75. The molecule has 68 heavy (non-hydrogen) atoms. The summed E-state index contributed by atoms with van der Waals surface area (Å²) in [5.41, 5.74) is 4.65. The Hall–Kier alpha value is -6.04. The highest BCUT2D eigenvalue weighted by atomic mass is 16.7. The monoisotopic (exact) mass is 973 g/mol. The summed E-state index contributed by atoms with van der Waals surface area (Å²) in [5.74, 6) is -5.95. The zero-order valence-corrected chi connectivity index (χ0v) is 41.2. The Morgan fingerprint density at radius 1 is 0.838 bits per heavy atom. The molecule has 1 aromatic rings. The molecule has 1 aromatic carbocycles. The Kier molecular flexibility index (Phi) is 31.5. The number of aliphatic hydroxyl groups is 2. The number of aliphatic hydroxyl groups excluding tert-OH is 2. The van der Waals surface area contributed by atoms with Crippen molar-refractivity contribution in [1.82, 2.24) is 21.3 Å². The largest absolute Gasteiger partial charge is 0.506 e. The lowest BCUT2D eigenvalue weighted by atomic mass is 9.93. The van der Waals surface area contributed by atoms with Crippen molar-refractivity contribution < 1.29 is 82.8 Å². The summed E-state index contributed by atoms with van der Waals surface area (Å²) >= 11 is 0. The molecular weight excluding hydrogens is 897 g/mol. The molecule has 0 bridgehead atoms. The second-order valence-electron chi connectivity index (χ2n) is 16.4. The van der Waals surface area contributed by atoms with E-state index in [0.717, 1.165) is 13.0 Å². The molecule has 12 N–H and O–H groups in total. The van der Waals surface area contributed by atoms with Crippen LogP contribution in [0.3, 0.4) is 0 Å². The number of carboxylic acids is 2. The topological polar surface area (TPSA) is 361 Å². The maximum Gasteiger partial charge on any atom is 0.506 e. The lowest BCUT2D eigenvalue weighted by Crippen LogP contribution is -2.56. The minimum Gasteiger partial charge on any atom is -0.481 e. The van der Waals surface area contributed by atoms with Crippen LogP contribution in [0.4, 0.5) is 10.5 Å². The predicted molar refractivity (Wildman–Crippen MR) is 249 cm³/mol. The quantitative estimate of drug-likeness (QED) is 0.0555. The molecule has 5 atom stereocenters. The summed E-state index contributed by atoms with van der Waals surface area (Å²) in [4.78, 5) is 95.8. The Balaban J connectivity index is 0. The van der Waals surface area contributed by atoms with E-state index in [9.17, 15) is 48.9 Å². The van der Waals surface area contributed by atoms with Gasteiger partial charge in [0, 0.05) is 39.4 Å². The first-order valence-electron chi connectivity index (χ1n) is 22.3. The van der Waals surface area contributed by atoms with Crippen LogP contribution in [0.25, 0.3) is 0 Å². The molecule has 0 spiro atoms. The van der Waals surface area contributed by atoms with Crippen LogP contribution < -0.4 is 37.1 Å². The van der Waals surface area contributed by atoms with Gasteiger partial charge in [0.05, 0.1) is 23.3 Å². The van der Waals surface area contributed by atoms with Gasteiger partial charge in [0.2, 0.25) is 35.3 Å². The average molecular weight is 973 g/mol. The molecular formula is C45H76N6O17. The van der Waals surface area contributed by atoms with Gasteiger partial charge in [-0.05, 0) is 77.7 Å². The van der Waals surface area contributed by atoms with E-state index in [0.29, 0.717) is 12.8 Å². The normalized spacial score (nSPS) is 15.9. The zero-order valence-electron chi connectivity index (χ0n) is 41.2. The molecule has 0 saturated carbocycles. The average Bonchev–Trinajstić information content (AvgIpc) is 3.25. The van der Waals surface area contributed by atoms with Gasteiger partial charge in [0.25, 0.3) is 12.3 Å². The minimum atomic E-state index is -1.74. The van der Waals surface area contributed by atoms with Gasteiger partial charge in [0.15, 0.2) is 6.10 Å². The highest BCUT2D eigenvalue weighted by Gasteiger charge is 2.37. The fourth-order valence-corrected chi connectivity index (χ4v) is 5.08. The van der Waals surface area contributed by atoms with Crippen molar-refractivity contribution >= 4 is 53.3 Å². The number of anilines is 1. The molecule has 3 unspecified atom stereocenters. The molecule has 388 valence electrons. The first-order valence-corrected chi connectivity index (χ1v) is 22.3. The van der Waals surface area contributed by atoms with Crippen molar-refractivity contribution in [1.29, 1.82) is 0 Å². The van der Waals surface area contributed by atoms with Crippen molar-refractivity contribution in [2.24, 2.45) is 11.1 Å². The van der Waals surface area contributed by atoms with Crippen molar-refractivity contribution in [2.45, 2.75) is 157 Å². The first kappa shape index (κ1) is 64.0. The number of nitrogens with two attached hydrogens (primary N) is 1. The number of nitrogens with one attached hydrogen (secondary N) is 5. The summed E-state index contributed by atoms with van der Waals surface area (Å²) in [7, 11) is 0. The minimum absolute atomic E-state index is 0.0890. The van der Waals surface area contributed by atoms with E-state index in [1.54, 1.807) is 20.8 Å². The zero-order chi connectivity index (χ0) is 52.8.